The highest BCUT2D eigenvalue weighted by Crippen LogP contribution is 2.50. The van der Waals surface area contributed by atoms with E-state index in [1.54, 1.807) is 0 Å². The maximum atomic E-state index is 12.3. The van der Waals surface area contributed by atoms with Crippen molar-refractivity contribution in [3.8, 4) is 27.9 Å². The smallest absolute Gasteiger partial charge is 0.309 e. The Bertz CT molecular complexity index is 3280. The summed E-state index contributed by atoms with van der Waals surface area (Å²) >= 11 is 0. The van der Waals surface area contributed by atoms with Gasteiger partial charge < -0.3 is 18.9 Å². The van der Waals surface area contributed by atoms with E-state index in [0.29, 0.717) is 0 Å². The fraction of sp³-hybridized carbons (Fsp3) is 0.0714. The number of fused-ring (bicyclic) bond motifs is 5. The number of nitrogens with zero attached hydrogens (tertiary/aromatic N) is 2. The van der Waals surface area contributed by atoms with Crippen LogP contribution in [0.2, 0.25) is 0 Å². The molecule has 0 aliphatic heterocycles. The molecule has 10 rings (SSSR count). The lowest BCUT2D eigenvalue weighted by atomic mass is 9.84. The Morgan fingerprint density at radius 3 is 1.60 bits per heavy atom. The van der Waals surface area contributed by atoms with Gasteiger partial charge in [-0.15, -0.1) is 0 Å². The van der Waals surface area contributed by atoms with Crippen molar-refractivity contribution in [2.24, 2.45) is 0 Å². The van der Waals surface area contributed by atoms with Gasteiger partial charge in [0, 0.05) is 33.2 Å². The minimum Gasteiger partial charge on any atom is -0.469 e. The molecule has 300 valence electrons. The molecule has 0 aliphatic rings. The number of hydrogen-bond donors (Lipinski definition) is 0. The van der Waals surface area contributed by atoms with Crippen LogP contribution >= 0.6 is 0 Å². The first-order chi connectivity index (χ1) is 30.5. The van der Waals surface area contributed by atoms with E-state index in [1.165, 1.54) is 19.6 Å². The Labute approximate surface area is 359 Å². The summed E-state index contributed by atoms with van der Waals surface area (Å²) in [6.07, 6.45) is 0.396. The molecule has 9 aromatic carbocycles. The Morgan fingerprint density at radius 1 is 0.452 bits per heavy atom. The summed E-state index contributed by atoms with van der Waals surface area (Å²) in [5, 5.41) is 6.69. The molecule has 0 saturated heterocycles. The molecule has 62 heavy (non-hydrogen) atoms. The van der Waals surface area contributed by atoms with Crippen molar-refractivity contribution in [3.05, 3.63) is 205 Å². The first-order valence-electron chi connectivity index (χ1n) is 20.7. The predicted molar refractivity (Wildman–Crippen MR) is 253 cm³/mol. The molecule has 0 N–H and O–H groups in total. The fourth-order valence-electron chi connectivity index (χ4n) is 9.02. The average Bonchev–Trinajstić information content (AvgIpc) is 3.66. The fourth-order valence-corrected chi connectivity index (χ4v) is 9.02. The molecule has 0 aliphatic carbocycles. The number of methoxy groups -OCH3 is 2. The highest BCUT2D eigenvalue weighted by molar-refractivity contribution is 6.25. The molecule has 0 atom stereocenters. The van der Waals surface area contributed by atoms with E-state index in [2.05, 4.69) is 179 Å². The first-order valence-corrected chi connectivity index (χ1v) is 20.7. The van der Waals surface area contributed by atoms with Gasteiger partial charge in [-0.3, -0.25) is 9.59 Å². The highest BCUT2D eigenvalue weighted by Gasteiger charge is 2.24. The highest BCUT2D eigenvalue weighted by atomic mass is 16.5. The molecule has 0 spiro atoms. The minimum atomic E-state index is -0.278. The normalized spacial score (nSPS) is 11.3. The molecule has 1 aromatic heterocycles. The van der Waals surface area contributed by atoms with E-state index in [4.69, 9.17) is 9.47 Å². The summed E-state index contributed by atoms with van der Waals surface area (Å²) < 4.78 is 12.3. The first kappa shape index (κ1) is 38.3. The third kappa shape index (κ3) is 6.82. The molecular formula is C56H42N2O4. The van der Waals surface area contributed by atoms with Gasteiger partial charge in [-0.05, 0) is 104 Å². The lowest BCUT2D eigenvalue weighted by Gasteiger charge is -2.29. The van der Waals surface area contributed by atoms with Crippen molar-refractivity contribution >= 4 is 72.4 Å². The lowest BCUT2D eigenvalue weighted by Crippen LogP contribution is -2.11. The van der Waals surface area contributed by atoms with Crippen molar-refractivity contribution in [2.45, 2.75) is 12.8 Å². The third-order valence-electron chi connectivity index (χ3n) is 11.8. The number of hydrogen-bond acceptors (Lipinski definition) is 5. The van der Waals surface area contributed by atoms with Gasteiger partial charge in [0.25, 0.3) is 0 Å². The zero-order chi connectivity index (χ0) is 42.2. The van der Waals surface area contributed by atoms with Crippen molar-refractivity contribution < 1.29 is 19.1 Å². The van der Waals surface area contributed by atoms with Crippen molar-refractivity contribution in [3.63, 3.8) is 0 Å². The number of anilines is 3. The van der Waals surface area contributed by atoms with Gasteiger partial charge in [-0.2, -0.15) is 0 Å². The molecular weight excluding hydrogens is 765 g/mol. The predicted octanol–water partition coefficient (Wildman–Crippen LogP) is 13.3. The van der Waals surface area contributed by atoms with Gasteiger partial charge >= 0.3 is 11.9 Å². The summed E-state index contributed by atoms with van der Waals surface area (Å²) in [5.74, 6) is -0.552. The van der Waals surface area contributed by atoms with Crippen LogP contribution < -0.4 is 4.90 Å². The largest absolute Gasteiger partial charge is 0.469 e. The van der Waals surface area contributed by atoms with Gasteiger partial charge in [-0.25, -0.2) is 0 Å². The van der Waals surface area contributed by atoms with Crippen molar-refractivity contribution in [2.75, 3.05) is 19.1 Å². The second-order valence-electron chi connectivity index (χ2n) is 15.5. The van der Waals surface area contributed by atoms with Crippen LogP contribution in [0.3, 0.4) is 0 Å². The molecule has 0 unspecified atom stereocenters. The number of carbonyl (C=O) groups excluding carboxylic acids is 2. The van der Waals surface area contributed by atoms with E-state index in [1.807, 2.05) is 24.3 Å². The maximum Gasteiger partial charge on any atom is 0.309 e. The number of aromatic nitrogens is 1. The summed E-state index contributed by atoms with van der Waals surface area (Å²) in [4.78, 5) is 26.9. The number of rotatable bonds is 10. The van der Waals surface area contributed by atoms with Crippen LogP contribution in [0.5, 0.6) is 0 Å². The number of esters is 2. The molecule has 6 heteroatoms. The molecule has 0 radical (unpaired) electrons. The summed E-state index contributed by atoms with van der Waals surface area (Å²) in [5.41, 5.74) is 12.5. The van der Waals surface area contributed by atoms with Gasteiger partial charge in [0.15, 0.2) is 0 Å². The number of para-hydroxylation sites is 3. The third-order valence-corrected chi connectivity index (χ3v) is 11.8. The van der Waals surface area contributed by atoms with Gasteiger partial charge in [0.1, 0.15) is 0 Å². The summed E-state index contributed by atoms with van der Waals surface area (Å²) in [7, 11) is 2.84. The summed E-state index contributed by atoms with van der Waals surface area (Å²) in [6.45, 7) is 0. The quantitative estimate of drug-likeness (QED) is 0.102. The number of carbonyl (C=O) groups is 2. The second-order valence-corrected chi connectivity index (χ2v) is 15.5. The number of ether oxygens (including phenoxy) is 2. The lowest BCUT2D eigenvalue weighted by molar-refractivity contribution is -0.140. The minimum absolute atomic E-state index is 0.194. The van der Waals surface area contributed by atoms with Crippen LogP contribution in [0.4, 0.5) is 17.1 Å². The van der Waals surface area contributed by atoms with Crippen LogP contribution in [0.15, 0.2) is 194 Å². The molecule has 0 fully saturated rings. The molecule has 0 bridgehead atoms. The van der Waals surface area contributed by atoms with Crippen molar-refractivity contribution in [1.82, 2.24) is 4.57 Å². The maximum absolute atomic E-state index is 12.3. The van der Waals surface area contributed by atoms with Gasteiger partial charge in [-0.1, -0.05) is 140 Å². The molecule has 1 heterocycles. The van der Waals surface area contributed by atoms with Crippen LogP contribution in [-0.2, 0) is 31.9 Å². The monoisotopic (exact) mass is 806 g/mol. The van der Waals surface area contributed by atoms with Crippen LogP contribution in [0.25, 0.3) is 71.3 Å². The molecule has 0 amide bonds. The SMILES string of the molecule is COC(=O)Cc1ccc(-c2c3ccccc3c(-c3ccc(CC(=O)OC)cc3)c3c(N(c4ccccc4)c4ccc5c(c4)c4ccccc4n5-c4ccccc4)cccc23)cc1. The average molecular weight is 807 g/mol. The van der Waals surface area contributed by atoms with E-state index in [-0.39, 0.29) is 24.8 Å². The second kappa shape index (κ2) is 16.2. The number of benzene rings is 9. The van der Waals surface area contributed by atoms with E-state index >= 15 is 0 Å². The van der Waals surface area contributed by atoms with Crippen molar-refractivity contribution in [1.29, 1.82) is 0 Å². The van der Waals surface area contributed by atoms with Gasteiger partial charge in [0.2, 0.25) is 0 Å². The van der Waals surface area contributed by atoms with Crippen LogP contribution in [0.1, 0.15) is 11.1 Å². The zero-order valence-corrected chi connectivity index (χ0v) is 34.4. The van der Waals surface area contributed by atoms with Crippen LogP contribution in [0, 0.1) is 0 Å². The Morgan fingerprint density at radius 2 is 0.968 bits per heavy atom. The Kier molecular flexibility index (Phi) is 10.0. The molecule has 6 nitrogen and oxygen atoms in total. The zero-order valence-electron chi connectivity index (χ0n) is 34.4. The summed E-state index contributed by atoms with van der Waals surface area (Å²) in [6, 6.07) is 68.2. The Balaban J connectivity index is 1.27. The van der Waals surface area contributed by atoms with E-state index in [0.717, 1.165) is 94.1 Å². The molecule has 10 aromatic rings. The van der Waals surface area contributed by atoms with Crippen LogP contribution in [-0.4, -0.2) is 30.7 Å². The Hall–Kier alpha value is -7.96. The van der Waals surface area contributed by atoms with E-state index < -0.39 is 0 Å². The topological polar surface area (TPSA) is 60.8 Å². The molecule has 0 saturated carbocycles. The standard InChI is InChI=1S/C56H42N2O4/c1-61-52(59)34-37-24-28-39(29-25-37)54-45-19-9-10-20-46(45)55(40-30-26-38(27-31-40)35-53(60)62-2)56-47(54)21-13-23-51(56)57(41-14-5-3-6-15-41)43-32-33-50-48(36-43)44-18-11-12-22-49(44)58(50)42-16-7-4-8-17-42/h3-33,36H,34-35H2,1-2H3. The van der Waals surface area contributed by atoms with E-state index in [9.17, 15) is 9.59 Å². The van der Waals surface area contributed by atoms with Gasteiger partial charge in [0.05, 0.1) is 43.8 Å².